The summed E-state index contributed by atoms with van der Waals surface area (Å²) in [7, 11) is 0. The van der Waals surface area contributed by atoms with Gasteiger partial charge in [0.15, 0.2) is 0 Å². The summed E-state index contributed by atoms with van der Waals surface area (Å²) >= 11 is 6.09. The second kappa shape index (κ2) is 6.89. The van der Waals surface area contributed by atoms with Crippen LogP contribution in [0.3, 0.4) is 0 Å². The SMILES string of the molecule is Cc1cccc(CNC(=O)C2(C(=O)Nc3ccc(C)c(Cl)c3)CC2)c1. The largest absolute Gasteiger partial charge is 0.351 e. The molecule has 2 N–H and O–H groups in total. The third-order valence-electron chi connectivity index (χ3n) is 4.58. The molecule has 0 atom stereocenters. The van der Waals surface area contributed by atoms with E-state index in [2.05, 4.69) is 10.6 Å². The molecule has 1 saturated carbocycles. The normalized spacial score (nSPS) is 14.7. The molecular formula is C20H21ClN2O2. The number of aryl methyl sites for hydroxylation is 2. The molecule has 0 spiro atoms. The Balaban J connectivity index is 1.63. The van der Waals surface area contributed by atoms with Gasteiger partial charge in [-0.3, -0.25) is 9.59 Å². The fraction of sp³-hybridized carbons (Fsp3) is 0.300. The van der Waals surface area contributed by atoms with Gasteiger partial charge in [0.05, 0.1) is 0 Å². The lowest BCUT2D eigenvalue weighted by atomic mass is 10.0. The van der Waals surface area contributed by atoms with Crippen molar-refractivity contribution in [2.45, 2.75) is 33.2 Å². The minimum atomic E-state index is -0.957. The van der Waals surface area contributed by atoms with Crippen LogP contribution in [0.4, 0.5) is 5.69 Å². The van der Waals surface area contributed by atoms with Gasteiger partial charge in [-0.05, 0) is 49.9 Å². The summed E-state index contributed by atoms with van der Waals surface area (Å²) in [5, 5.41) is 6.30. The van der Waals surface area contributed by atoms with E-state index in [0.717, 1.165) is 16.7 Å². The summed E-state index contributed by atoms with van der Waals surface area (Å²) in [6, 6.07) is 13.3. The maximum atomic E-state index is 12.6. The molecule has 0 saturated heterocycles. The first-order valence-corrected chi connectivity index (χ1v) is 8.70. The number of nitrogens with one attached hydrogen (secondary N) is 2. The van der Waals surface area contributed by atoms with Crippen LogP contribution in [0.5, 0.6) is 0 Å². The van der Waals surface area contributed by atoms with Gasteiger partial charge in [0.25, 0.3) is 0 Å². The Bertz CT molecular complexity index is 828. The van der Waals surface area contributed by atoms with Crippen LogP contribution in [-0.4, -0.2) is 11.8 Å². The van der Waals surface area contributed by atoms with Crippen LogP contribution >= 0.6 is 11.6 Å². The number of hydrogen-bond acceptors (Lipinski definition) is 2. The minimum absolute atomic E-state index is 0.218. The van der Waals surface area contributed by atoms with Gasteiger partial charge in [-0.2, -0.15) is 0 Å². The quantitative estimate of drug-likeness (QED) is 0.796. The van der Waals surface area contributed by atoms with Gasteiger partial charge >= 0.3 is 0 Å². The molecule has 3 rings (SSSR count). The maximum Gasteiger partial charge on any atom is 0.240 e. The van der Waals surface area contributed by atoms with Crippen molar-refractivity contribution in [1.29, 1.82) is 0 Å². The van der Waals surface area contributed by atoms with E-state index in [1.807, 2.05) is 44.2 Å². The van der Waals surface area contributed by atoms with Crippen LogP contribution < -0.4 is 10.6 Å². The minimum Gasteiger partial charge on any atom is -0.351 e. The predicted molar refractivity (Wildman–Crippen MR) is 99.5 cm³/mol. The molecule has 0 bridgehead atoms. The second-order valence-electron chi connectivity index (χ2n) is 6.67. The summed E-state index contributed by atoms with van der Waals surface area (Å²) in [6.45, 7) is 4.33. The van der Waals surface area contributed by atoms with Crippen LogP contribution in [0.1, 0.15) is 29.5 Å². The second-order valence-corrected chi connectivity index (χ2v) is 7.08. The Morgan fingerprint density at radius 1 is 1.08 bits per heavy atom. The van der Waals surface area contributed by atoms with E-state index in [9.17, 15) is 9.59 Å². The third-order valence-corrected chi connectivity index (χ3v) is 4.99. The molecule has 0 aliphatic heterocycles. The summed E-state index contributed by atoms with van der Waals surface area (Å²) in [5.41, 5.74) is 2.76. The molecule has 1 aliphatic carbocycles. The maximum absolute atomic E-state index is 12.6. The third kappa shape index (κ3) is 3.85. The molecule has 0 aromatic heterocycles. The lowest BCUT2D eigenvalue weighted by Gasteiger charge is -2.16. The first kappa shape index (κ1) is 17.5. The zero-order chi connectivity index (χ0) is 18.0. The number of carbonyl (C=O) groups excluding carboxylic acids is 2. The Morgan fingerprint density at radius 2 is 1.84 bits per heavy atom. The molecule has 130 valence electrons. The van der Waals surface area contributed by atoms with E-state index >= 15 is 0 Å². The topological polar surface area (TPSA) is 58.2 Å². The highest BCUT2D eigenvalue weighted by Crippen LogP contribution is 2.47. The van der Waals surface area contributed by atoms with Crippen molar-refractivity contribution < 1.29 is 9.59 Å². The van der Waals surface area contributed by atoms with Crippen LogP contribution in [0, 0.1) is 19.3 Å². The summed E-state index contributed by atoms with van der Waals surface area (Å²) in [6.07, 6.45) is 1.14. The zero-order valence-corrected chi connectivity index (χ0v) is 15.1. The lowest BCUT2D eigenvalue weighted by Crippen LogP contribution is -2.39. The molecule has 2 aromatic rings. The summed E-state index contributed by atoms with van der Waals surface area (Å²) in [4.78, 5) is 25.1. The number of halogens is 1. The molecule has 25 heavy (non-hydrogen) atoms. The monoisotopic (exact) mass is 356 g/mol. The van der Waals surface area contributed by atoms with E-state index in [-0.39, 0.29) is 11.8 Å². The van der Waals surface area contributed by atoms with Crippen molar-refractivity contribution in [2.75, 3.05) is 5.32 Å². The van der Waals surface area contributed by atoms with Crippen LogP contribution in [0.15, 0.2) is 42.5 Å². The van der Waals surface area contributed by atoms with Crippen LogP contribution in [0.25, 0.3) is 0 Å². The van der Waals surface area contributed by atoms with Gasteiger partial charge in [-0.25, -0.2) is 0 Å². The molecular weight excluding hydrogens is 336 g/mol. The fourth-order valence-electron chi connectivity index (χ4n) is 2.78. The number of amides is 2. The summed E-state index contributed by atoms with van der Waals surface area (Å²) < 4.78 is 0. The molecule has 0 unspecified atom stereocenters. The molecule has 4 nitrogen and oxygen atoms in total. The number of carbonyl (C=O) groups is 2. The van der Waals surface area contributed by atoms with E-state index < -0.39 is 5.41 Å². The van der Waals surface area contributed by atoms with Gasteiger partial charge in [0.1, 0.15) is 5.41 Å². The van der Waals surface area contributed by atoms with E-state index in [4.69, 9.17) is 11.6 Å². The molecule has 5 heteroatoms. The molecule has 1 fully saturated rings. The predicted octanol–water partition coefficient (Wildman–Crippen LogP) is 3.99. The van der Waals surface area contributed by atoms with Crippen molar-refractivity contribution in [2.24, 2.45) is 5.41 Å². The number of anilines is 1. The van der Waals surface area contributed by atoms with Gasteiger partial charge in [-0.15, -0.1) is 0 Å². The molecule has 0 radical (unpaired) electrons. The van der Waals surface area contributed by atoms with Gasteiger partial charge in [0.2, 0.25) is 11.8 Å². The highest BCUT2D eigenvalue weighted by atomic mass is 35.5. The first-order chi connectivity index (χ1) is 11.9. The Morgan fingerprint density at radius 3 is 2.48 bits per heavy atom. The highest BCUT2D eigenvalue weighted by molar-refractivity contribution is 6.31. The molecule has 2 aromatic carbocycles. The van der Waals surface area contributed by atoms with E-state index in [0.29, 0.717) is 30.1 Å². The average molecular weight is 357 g/mol. The fourth-order valence-corrected chi connectivity index (χ4v) is 2.96. The van der Waals surface area contributed by atoms with Crippen molar-refractivity contribution in [3.63, 3.8) is 0 Å². The Labute approximate surface area is 152 Å². The first-order valence-electron chi connectivity index (χ1n) is 8.32. The van der Waals surface area contributed by atoms with Crippen molar-refractivity contribution in [1.82, 2.24) is 5.32 Å². The van der Waals surface area contributed by atoms with Crippen LogP contribution in [-0.2, 0) is 16.1 Å². The van der Waals surface area contributed by atoms with Crippen LogP contribution in [0.2, 0.25) is 5.02 Å². The Hall–Kier alpha value is -2.33. The van der Waals surface area contributed by atoms with Crippen molar-refractivity contribution >= 4 is 29.1 Å². The zero-order valence-electron chi connectivity index (χ0n) is 14.4. The Kier molecular flexibility index (Phi) is 4.82. The van der Waals surface area contributed by atoms with E-state index in [1.165, 1.54) is 0 Å². The van der Waals surface area contributed by atoms with Gasteiger partial charge in [0, 0.05) is 17.3 Å². The van der Waals surface area contributed by atoms with Gasteiger partial charge < -0.3 is 10.6 Å². The number of rotatable bonds is 5. The summed E-state index contributed by atoms with van der Waals surface area (Å²) in [5.74, 6) is -0.487. The smallest absolute Gasteiger partial charge is 0.240 e. The highest BCUT2D eigenvalue weighted by Gasteiger charge is 2.56. The van der Waals surface area contributed by atoms with Gasteiger partial charge in [-0.1, -0.05) is 47.5 Å². The van der Waals surface area contributed by atoms with Crippen molar-refractivity contribution in [3.8, 4) is 0 Å². The lowest BCUT2D eigenvalue weighted by molar-refractivity contribution is -0.134. The standard InChI is InChI=1S/C20H21ClN2O2/c1-13-4-3-5-15(10-13)12-22-18(24)20(8-9-20)19(25)23-16-7-6-14(2)17(21)11-16/h3-7,10-11H,8-9,12H2,1-2H3,(H,22,24)(H,23,25). The average Bonchev–Trinajstić information content (AvgIpc) is 3.38. The molecule has 2 amide bonds. The van der Waals surface area contributed by atoms with E-state index in [1.54, 1.807) is 12.1 Å². The molecule has 1 aliphatic rings. The molecule has 0 heterocycles. The number of hydrogen-bond donors (Lipinski definition) is 2. The number of benzene rings is 2. The van der Waals surface area contributed by atoms with Crippen molar-refractivity contribution in [3.05, 3.63) is 64.2 Å².